The van der Waals surface area contributed by atoms with E-state index in [-0.39, 0.29) is 34.3 Å². The summed E-state index contributed by atoms with van der Waals surface area (Å²) in [5.41, 5.74) is 1.96. The van der Waals surface area contributed by atoms with Crippen molar-refractivity contribution in [2.45, 2.75) is 12.3 Å². The highest BCUT2D eigenvalue weighted by Gasteiger charge is 2.35. The Hall–Kier alpha value is -4.46. The summed E-state index contributed by atoms with van der Waals surface area (Å²) in [6, 6.07) is 13.9. The van der Waals surface area contributed by atoms with Gasteiger partial charge >= 0.3 is 5.97 Å². The minimum absolute atomic E-state index is 0.000178. The molecule has 0 amide bonds. The second kappa shape index (κ2) is 8.09. The van der Waals surface area contributed by atoms with Gasteiger partial charge in [-0.3, -0.25) is 9.59 Å². The molecule has 2 aliphatic heterocycles. The van der Waals surface area contributed by atoms with Crippen molar-refractivity contribution in [3.63, 3.8) is 0 Å². The van der Waals surface area contributed by atoms with Crippen LogP contribution >= 0.6 is 0 Å². The van der Waals surface area contributed by atoms with Crippen molar-refractivity contribution in [3.05, 3.63) is 76.1 Å². The number of carbonyl (C=O) groups excluding carboxylic acids is 1. The quantitative estimate of drug-likeness (QED) is 0.346. The number of carbonyl (C=O) groups is 1. The molecule has 0 unspecified atom stereocenters. The van der Waals surface area contributed by atoms with Gasteiger partial charge in [0.2, 0.25) is 11.2 Å². The first-order valence-corrected chi connectivity index (χ1v) is 11.1. The van der Waals surface area contributed by atoms with E-state index in [1.54, 1.807) is 24.3 Å². The molecule has 0 fully saturated rings. The molecule has 3 heterocycles. The van der Waals surface area contributed by atoms with E-state index >= 15 is 0 Å². The van der Waals surface area contributed by atoms with Crippen LogP contribution in [0.25, 0.3) is 22.1 Å². The smallest absolute Gasteiger partial charge is 0.312 e. The van der Waals surface area contributed by atoms with Crippen molar-refractivity contribution < 1.29 is 33.3 Å². The van der Waals surface area contributed by atoms with Crippen molar-refractivity contribution in [1.29, 1.82) is 0 Å². The van der Waals surface area contributed by atoms with Crippen molar-refractivity contribution in [2.75, 3.05) is 20.3 Å². The first kappa shape index (κ1) is 21.1. The van der Waals surface area contributed by atoms with Gasteiger partial charge in [0.15, 0.2) is 11.5 Å². The molecule has 0 aliphatic carbocycles. The number of rotatable bonds is 3. The van der Waals surface area contributed by atoms with Crippen molar-refractivity contribution in [1.82, 2.24) is 0 Å². The molecule has 1 N–H and O–H groups in total. The summed E-state index contributed by atoms with van der Waals surface area (Å²) in [4.78, 5) is 26.0. The van der Waals surface area contributed by atoms with Gasteiger partial charge in [-0.1, -0.05) is 30.3 Å². The highest BCUT2D eigenvalue weighted by atomic mass is 16.6. The predicted molar refractivity (Wildman–Crippen MR) is 126 cm³/mol. The number of benzene rings is 3. The molecule has 2 aliphatic rings. The lowest BCUT2D eigenvalue weighted by molar-refractivity contribution is -0.135. The summed E-state index contributed by atoms with van der Waals surface area (Å²) in [7, 11) is 1.53. The standard InChI is InChI=1S/C27H20O8/c1-31-20-9-15(10-21-26(20)33-8-7-32-21)16-11-22(29)35-19-12-18(28)24-25(30)17(13-34-27(24)23(16)19)14-5-3-2-4-6-14/h2-6,9-10,12-13,16,28H,7-8,11H2,1H3/t16-/m1/s1. The number of fused-ring (bicyclic) bond motifs is 4. The normalized spacial score (nSPS) is 16.5. The van der Waals surface area contributed by atoms with Crippen LogP contribution in [0.3, 0.4) is 0 Å². The topological polar surface area (TPSA) is 104 Å². The average Bonchev–Trinajstić information content (AvgIpc) is 2.87. The van der Waals surface area contributed by atoms with E-state index in [1.165, 1.54) is 19.4 Å². The first-order chi connectivity index (χ1) is 17.0. The number of phenols is 1. The van der Waals surface area contributed by atoms with Crippen molar-refractivity contribution in [3.8, 4) is 39.9 Å². The maximum Gasteiger partial charge on any atom is 0.312 e. The minimum atomic E-state index is -0.537. The molecular weight excluding hydrogens is 452 g/mol. The van der Waals surface area contributed by atoms with Gasteiger partial charge in [0, 0.05) is 17.5 Å². The fourth-order valence-corrected chi connectivity index (χ4v) is 4.73. The van der Waals surface area contributed by atoms with Gasteiger partial charge in [-0.2, -0.15) is 0 Å². The summed E-state index contributed by atoms with van der Waals surface area (Å²) >= 11 is 0. The molecule has 0 spiro atoms. The van der Waals surface area contributed by atoms with Crippen LogP contribution in [0.15, 0.2) is 64.0 Å². The third-order valence-corrected chi connectivity index (χ3v) is 6.31. The summed E-state index contributed by atoms with van der Waals surface area (Å²) < 4.78 is 28.4. The van der Waals surface area contributed by atoms with Gasteiger partial charge in [0.1, 0.15) is 41.9 Å². The maximum atomic E-state index is 13.5. The van der Waals surface area contributed by atoms with Crippen LogP contribution in [0.4, 0.5) is 0 Å². The number of esters is 1. The second-order valence-electron chi connectivity index (χ2n) is 8.33. The first-order valence-electron chi connectivity index (χ1n) is 11.1. The van der Waals surface area contributed by atoms with E-state index < -0.39 is 11.9 Å². The molecule has 8 heteroatoms. The monoisotopic (exact) mass is 472 g/mol. The third-order valence-electron chi connectivity index (χ3n) is 6.31. The molecular formula is C27H20O8. The Morgan fingerprint density at radius 2 is 1.80 bits per heavy atom. The molecule has 3 aromatic carbocycles. The maximum absolute atomic E-state index is 13.5. The largest absolute Gasteiger partial charge is 0.507 e. The molecule has 0 bridgehead atoms. The molecule has 176 valence electrons. The molecule has 0 radical (unpaired) electrons. The Balaban J connectivity index is 1.59. The van der Waals surface area contributed by atoms with Gasteiger partial charge in [-0.05, 0) is 23.3 Å². The zero-order valence-corrected chi connectivity index (χ0v) is 18.7. The summed E-state index contributed by atoms with van der Waals surface area (Å²) in [5, 5.41) is 10.8. The Morgan fingerprint density at radius 1 is 1.00 bits per heavy atom. The van der Waals surface area contributed by atoms with E-state index in [2.05, 4.69) is 0 Å². The van der Waals surface area contributed by atoms with E-state index in [0.29, 0.717) is 52.7 Å². The van der Waals surface area contributed by atoms with Crippen LogP contribution in [-0.2, 0) is 4.79 Å². The van der Waals surface area contributed by atoms with Gasteiger partial charge in [0.05, 0.1) is 19.1 Å². The lowest BCUT2D eigenvalue weighted by Crippen LogP contribution is -2.22. The molecule has 4 aromatic rings. The van der Waals surface area contributed by atoms with Crippen LogP contribution in [0.1, 0.15) is 23.5 Å². The minimum Gasteiger partial charge on any atom is -0.507 e. The molecule has 0 saturated carbocycles. The SMILES string of the molecule is COc1cc([C@H]2CC(=O)Oc3cc(O)c4c(=O)c(-c5ccccc5)coc4c32)cc2c1OCCO2. The van der Waals surface area contributed by atoms with E-state index in [0.717, 1.165) is 0 Å². The average molecular weight is 472 g/mol. The van der Waals surface area contributed by atoms with Crippen LogP contribution in [0.5, 0.6) is 28.7 Å². The van der Waals surface area contributed by atoms with Crippen LogP contribution in [0.2, 0.25) is 0 Å². The Morgan fingerprint density at radius 3 is 2.60 bits per heavy atom. The molecule has 0 saturated heterocycles. The number of methoxy groups -OCH3 is 1. The Kier molecular flexibility index (Phi) is 4.88. The fourth-order valence-electron chi connectivity index (χ4n) is 4.73. The third kappa shape index (κ3) is 3.37. The van der Waals surface area contributed by atoms with Crippen molar-refractivity contribution in [2.24, 2.45) is 0 Å². The Bertz CT molecular complexity index is 1520. The van der Waals surface area contributed by atoms with Crippen molar-refractivity contribution >= 4 is 16.9 Å². The molecule has 35 heavy (non-hydrogen) atoms. The zero-order chi connectivity index (χ0) is 24.1. The number of hydrogen-bond donors (Lipinski definition) is 1. The van der Waals surface area contributed by atoms with E-state index in [9.17, 15) is 14.7 Å². The number of hydrogen-bond acceptors (Lipinski definition) is 8. The molecule has 8 nitrogen and oxygen atoms in total. The number of aromatic hydroxyl groups is 1. The van der Waals surface area contributed by atoms with Crippen LogP contribution in [-0.4, -0.2) is 31.4 Å². The van der Waals surface area contributed by atoms with Crippen LogP contribution in [0, 0.1) is 0 Å². The molecule has 1 atom stereocenters. The summed E-state index contributed by atoms with van der Waals surface area (Å²) in [5.74, 6) is 0.272. The lowest BCUT2D eigenvalue weighted by Gasteiger charge is -2.28. The second-order valence-corrected chi connectivity index (χ2v) is 8.33. The fraction of sp³-hybridized carbons (Fsp3) is 0.185. The zero-order valence-electron chi connectivity index (χ0n) is 18.7. The van der Waals surface area contributed by atoms with E-state index in [4.69, 9.17) is 23.4 Å². The summed E-state index contributed by atoms with van der Waals surface area (Å²) in [6.45, 7) is 0.789. The predicted octanol–water partition coefficient (Wildman–Crippen LogP) is 4.39. The highest BCUT2D eigenvalue weighted by molar-refractivity contribution is 5.94. The Labute approximate surface area is 199 Å². The highest BCUT2D eigenvalue weighted by Crippen LogP contribution is 2.49. The number of ether oxygens (including phenoxy) is 4. The van der Waals surface area contributed by atoms with Gasteiger partial charge < -0.3 is 28.5 Å². The van der Waals surface area contributed by atoms with E-state index in [1.807, 2.05) is 18.2 Å². The van der Waals surface area contributed by atoms with Gasteiger partial charge in [-0.15, -0.1) is 0 Å². The van der Waals surface area contributed by atoms with Gasteiger partial charge in [-0.25, -0.2) is 0 Å². The lowest BCUT2D eigenvalue weighted by atomic mass is 9.84. The van der Waals surface area contributed by atoms with Gasteiger partial charge in [0.25, 0.3) is 0 Å². The number of phenolic OH excluding ortho intramolecular Hbond substituents is 1. The summed E-state index contributed by atoms with van der Waals surface area (Å²) in [6.07, 6.45) is 1.37. The molecule has 1 aromatic heterocycles. The van der Waals surface area contributed by atoms with Crippen LogP contribution < -0.4 is 24.4 Å². The molecule has 6 rings (SSSR count).